The molecule has 0 saturated heterocycles. The summed E-state index contributed by atoms with van der Waals surface area (Å²) in [5, 5.41) is 3.50. The van der Waals surface area contributed by atoms with Crippen LogP contribution in [0.25, 0.3) is 38.8 Å². The average Bonchev–Trinajstić information content (AvgIpc) is 3.29. The lowest BCUT2D eigenvalue weighted by molar-refractivity contribution is 0.592. The predicted octanol–water partition coefficient (Wildman–Crippen LogP) is 6.37. The zero-order valence-electron chi connectivity index (χ0n) is 19.9. The zero-order chi connectivity index (χ0) is 24.8. The van der Waals surface area contributed by atoms with E-state index in [0.29, 0.717) is 0 Å². The highest BCUT2D eigenvalue weighted by Crippen LogP contribution is 2.42. The maximum atomic E-state index is 14.8. The second-order valence-corrected chi connectivity index (χ2v) is 11.8. The highest BCUT2D eigenvalue weighted by atomic mass is 31.2. The molecule has 0 N–H and O–H groups in total. The summed E-state index contributed by atoms with van der Waals surface area (Å²) in [4.78, 5) is 9.96. The van der Waals surface area contributed by atoms with Gasteiger partial charge in [0.1, 0.15) is 5.52 Å². The van der Waals surface area contributed by atoms with E-state index >= 15 is 0 Å². The van der Waals surface area contributed by atoms with Crippen LogP contribution in [0.1, 0.15) is 0 Å². The lowest BCUT2D eigenvalue weighted by atomic mass is 10.2. The standard InChI is InChI=1S/C32H22N3OP/c36-37(24-11-3-1-4-12-24,25-13-5-2-6-14-25)26-21-19-23(20-22-26)35-30-18-10-7-15-27(30)31-32(35)34-29-17-9-8-16-28(29)33-31/h1-22H. The van der Waals surface area contributed by atoms with E-state index in [1.165, 1.54) is 0 Å². The third-order valence-electron chi connectivity index (χ3n) is 6.88. The molecule has 0 unspecified atom stereocenters. The second-order valence-electron chi connectivity index (χ2n) is 9.03. The van der Waals surface area contributed by atoms with Gasteiger partial charge in [0, 0.05) is 27.0 Å². The summed E-state index contributed by atoms with van der Waals surface area (Å²) in [6.45, 7) is 0. The second kappa shape index (κ2) is 8.55. The number of hydrogen-bond donors (Lipinski definition) is 0. The van der Waals surface area contributed by atoms with Gasteiger partial charge < -0.3 is 4.57 Å². The van der Waals surface area contributed by atoms with E-state index in [2.05, 4.69) is 16.7 Å². The maximum Gasteiger partial charge on any atom is 0.171 e. The van der Waals surface area contributed by atoms with Gasteiger partial charge in [0.2, 0.25) is 0 Å². The molecule has 7 rings (SSSR count). The van der Waals surface area contributed by atoms with Crippen molar-refractivity contribution in [1.82, 2.24) is 14.5 Å². The molecule has 0 bridgehead atoms. The van der Waals surface area contributed by atoms with Crippen LogP contribution in [0.3, 0.4) is 0 Å². The Morgan fingerprint density at radius 2 is 1.03 bits per heavy atom. The van der Waals surface area contributed by atoms with Crippen molar-refractivity contribution in [2.75, 3.05) is 0 Å². The number of nitrogens with zero attached hydrogens (tertiary/aromatic N) is 3. The molecule has 2 aromatic heterocycles. The Kier molecular flexibility index (Phi) is 5.02. The smallest absolute Gasteiger partial charge is 0.171 e. The van der Waals surface area contributed by atoms with Gasteiger partial charge in [-0.1, -0.05) is 91.0 Å². The minimum absolute atomic E-state index is 0.797. The lowest BCUT2D eigenvalue weighted by Gasteiger charge is -2.20. The first-order valence-electron chi connectivity index (χ1n) is 12.2. The number of rotatable bonds is 4. The van der Waals surface area contributed by atoms with E-state index in [0.717, 1.165) is 54.7 Å². The molecule has 0 spiro atoms. The molecule has 2 heterocycles. The summed E-state index contributed by atoms with van der Waals surface area (Å²) in [5.74, 6) is 0. The van der Waals surface area contributed by atoms with Gasteiger partial charge in [0.05, 0.1) is 16.6 Å². The largest absolute Gasteiger partial charge is 0.309 e. The van der Waals surface area contributed by atoms with E-state index < -0.39 is 7.14 Å². The summed E-state index contributed by atoms with van der Waals surface area (Å²) in [6.07, 6.45) is 0. The summed E-state index contributed by atoms with van der Waals surface area (Å²) in [6, 6.07) is 43.8. The topological polar surface area (TPSA) is 47.8 Å². The van der Waals surface area contributed by atoms with E-state index in [1.807, 2.05) is 121 Å². The molecule has 5 heteroatoms. The van der Waals surface area contributed by atoms with Crippen LogP contribution in [0.2, 0.25) is 0 Å². The molecule has 0 radical (unpaired) electrons. The van der Waals surface area contributed by atoms with Gasteiger partial charge in [0.15, 0.2) is 12.8 Å². The van der Waals surface area contributed by atoms with E-state index in [1.54, 1.807) is 0 Å². The molecule has 37 heavy (non-hydrogen) atoms. The van der Waals surface area contributed by atoms with Crippen molar-refractivity contribution in [3.8, 4) is 5.69 Å². The van der Waals surface area contributed by atoms with Crippen LogP contribution in [-0.2, 0) is 4.57 Å². The van der Waals surface area contributed by atoms with Crippen LogP contribution in [-0.4, -0.2) is 14.5 Å². The van der Waals surface area contributed by atoms with Gasteiger partial charge >= 0.3 is 0 Å². The predicted molar refractivity (Wildman–Crippen MR) is 153 cm³/mol. The SMILES string of the molecule is O=P(c1ccccc1)(c1ccccc1)c1ccc(-n2c3ccccc3c3nc4ccccc4nc32)cc1. The zero-order valence-corrected chi connectivity index (χ0v) is 20.8. The Bertz CT molecular complexity index is 1900. The van der Waals surface area contributed by atoms with Crippen LogP contribution in [0.5, 0.6) is 0 Å². The van der Waals surface area contributed by atoms with E-state index in [9.17, 15) is 4.57 Å². The third kappa shape index (κ3) is 3.41. The first kappa shape index (κ1) is 21.7. The van der Waals surface area contributed by atoms with Gasteiger partial charge in [-0.05, 0) is 42.5 Å². The number of fused-ring (bicyclic) bond motifs is 4. The Balaban J connectivity index is 1.44. The van der Waals surface area contributed by atoms with E-state index in [-0.39, 0.29) is 0 Å². The summed E-state index contributed by atoms with van der Waals surface area (Å²) < 4.78 is 16.9. The molecule has 176 valence electrons. The molecule has 0 amide bonds. The molecule has 0 atom stereocenters. The quantitative estimate of drug-likeness (QED) is 0.267. The van der Waals surface area contributed by atoms with Crippen LogP contribution < -0.4 is 15.9 Å². The molecule has 7 aromatic rings. The van der Waals surface area contributed by atoms with Crippen molar-refractivity contribution < 1.29 is 4.57 Å². The summed E-state index contributed by atoms with van der Waals surface area (Å²) in [7, 11) is -3.04. The van der Waals surface area contributed by atoms with Gasteiger partial charge in [-0.25, -0.2) is 9.97 Å². The highest BCUT2D eigenvalue weighted by molar-refractivity contribution is 7.85. The Morgan fingerprint density at radius 1 is 0.514 bits per heavy atom. The number of para-hydroxylation sites is 3. The molecule has 0 aliphatic rings. The normalized spacial score (nSPS) is 11.9. The first-order chi connectivity index (χ1) is 18.2. The van der Waals surface area contributed by atoms with Crippen molar-refractivity contribution in [3.05, 3.63) is 133 Å². The van der Waals surface area contributed by atoms with Crippen LogP contribution in [0.4, 0.5) is 0 Å². The molecule has 0 aliphatic heterocycles. The fourth-order valence-corrected chi connectivity index (χ4v) is 7.75. The monoisotopic (exact) mass is 495 g/mol. The van der Waals surface area contributed by atoms with Gasteiger partial charge in [0.25, 0.3) is 0 Å². The van der Waals surface area contributed by atoms with Crippen LogP contribution in [0.15, 0.2) is 133 Å². The molecule has 5 aromatic carbocycles. The Labute approximate surface area is 214 Å². The van der Waals surface area contributed by atoms with E-state index in [4.69, 9.17) is 9.97 Å². The number of hydrogen-bond acceptors (Lipinski definition) is 3. The summed E-state index contributed by atoms with van der Waals surface area (Å²) in [5.41, 5.74) is 5.40. The highest BCUT2D eigenvalue weighted by Gasteiger charge is 2.29. The molecule has 0 fully saturated rings. The van der Waals surface area contributed by atoms with Gasteiger partial charge in [-0.2, -0.15) is 0 Å². The third-order valence-corrected chi connectivity index (χ3v) is 9.95. The maximum absolute atomic E-state index is 14.8. The number of aromatic nitrogens is 3. The Morgan fingerprint density at radius 3 is 1.68 bits per heavy atom. The number of benzene rings is 5. The van der Waals surface area contributed by atoms with Gasteiger partial charge in [-0.3, -0.25) is 4.57 Å². The molecule has 4 nitrogen and oxygen atoms in total. The van der Waals surface area contributed by atoms with Crippen LogP contribution >= 0.6 is 7.14 Å². The first-order valence-corrected chi connectivity index (χ1v) is 13.9. The molecular weight excluding hydrogens is 473 g/mol. The Hall–Kier alpha value is -4.53. The van der Waals surface area contributed by atoms with Gasteiger partial charge in [-0.15, -0.1) is 0 Å². The fourth-order valence-electron chi connectivity index (χ4n) is 5.11. The molecular formula is C32H22N3OP. The minimum Gasteiger partial charge on any atom is -0.309 e. The molecule has 0 aliphatic carbocycles. The average molecular weight is 496 g/mol. The van der Waals surface area contributed by atoms with Crippen LogP contribution in [0, 0.1) is 0 Å². The minimum atomic E-state index is -3.04. The van der Waals surface area contributed by atoms with Crippen molar-refractivity contribution in [3.63, 3.8) is 0 Å². The lowest BCUT2D eigenvalue weighted by Crippen LogP contribution is -2.24. The van der Waals surface area contributed by atoms with Crippen molar-refractivity contribution in [1.29, 1.82) is 0 Å². The van der Waals surface area contributed by atoms with Crippen molar-refractivity contribution >= 4 is 56.2 Å². The fraction of sp³-hybridized carbons (Fsp3) is 0. The summed E-state index contributed by atoms with van der Waals surface area (Å²) >= 11 is 0. The molecule has 0 saturated carbocycles. The van der Waals surface area contributed by atoms with Crippen molar-refractivity contribution in [2.45, 2.75) is 0 Å². The van der Waals surface area contributed by atoms with Crippen molar-refractivity contribution in [2.24, 2.45) is 0 Å².